The third-order valence-corrected chi connectivity index (χ3v) is 5.87. The fourth-order valence-electron chi connectivity index (χ4n) is 4.55. The minimum Gasteiger partial charge on any atom is -0.388 e. The molecule has 2 aromatic rings. The van der Waals surface area contributed by atoms with Gasteiger partial charge in [-0.1, -0.05) is 13.8 Å². The predicted octanol–water partition coefficient (Wildman–Crippen LogP) is 3.66. The van der Waals surface area contributed by atoms with Gasteiger partial charge in [-0.05, 0) is 53.4 Å². The highest BCUT2D eigenvalue weighted by molar-refractivity contribution is 5.78. The van der Waals surface area contributed by atoms with E-state index >= 15 is 0 Å². The largest absolute Gasteiger partial charge is 0.388 e. The maximum atomic E-state index is 11.5. The van der Waals surface area contributed by atoms with Crippen LogP contribution in [-0.4, -0.2) is 21.4 Å². The van der Waals surface area contributed by atoms with Gasteiger partial charge in [0.2, 0.25) is 0 Å². The van der Waals surface area contributed by atoms with E-state index in [0.717, 1.165) is 42.2 Å². The summed E-state index contributed by atoms with van der Waals surface area (Å²) in [6.07, 6.45) is 10.4. The normalized spacial score (nSPS) is 26.0. The van der Waals surface area contributed by atoms with Gasteiger partial charge in [-0.2, -0.15) is 0 Å². The Morgan fingerprint density at radius 1 is 1.12 bits per heavy atom. The van der Waals surface area contributed by atoms with Crippen LogP contribution in [-0.2, 0) is 6.42 Å². The van der Waals surface area contributed by atoms with Crippen LogP contribution >= 0.6 is 0 Å². The smallest absolute Gasteiger partial charge is 0.151 e. The zero-order valence-electron chi connectivity index (χ0n) is 14.1. The zero-order chi connectivity index (χ0) is 16.8. The van der Waals surface area contributed by atoms with Crippen molar-refractivity contribution in [2.24, 2.45) is 0 Å². The van der Waals surface area contributed by atoms with E-state index in [-0.39, 0.29) is 5.92 Å². The van der Waals surface area contributed by atoms with E-state index in [1.807, 2.05) is 18.6 Å². The van der Waals surface area contributed by atoms with Gasteiger partial charge in [-0.15, -0.1) is 0 Å². The first-order chi connectivity index (χ1) is 11.6. The molecule has 0 saturated heterocycles. The molecule has 0 radical (unpaired) electrons. The molecule has 4 nitrogen and oxygen atoms in total. The number of carbonyl (C=O) groups is 1. The molecular formula is C20H22N2O2. The highest BCUT2D eigenvalue weighted by atomic mass is 16.3. The van der Waals surface area contributed by atoms with Crippen molar-refractivity contribution in [3.63, 3.8) is 0 Å². The van der Waals surface area contributed by atoms with Gasteiger partial charge in [0.05, 0.1) is 6.10 Å². The topological polar surface area (TPSA) is 63.1 Å². The second-order valence-electron chi connectivity index (χ2n) is 7.27. The van der Waals surface area contributed by atoms with Crippen LogP contribution in [0.3, 0.4) is 0 Å². The van der Waals surface area contributed by atoms with Crippen molar-refractivity contribution < 1.29 is 9.90 Å². The number of aliphatic hydroxyl groups excluding tert-OH is 1. The predicted molar refractivity (Wildman–Crippen MR) is 91.3 cm³/mol. The average molecular weight is 322 g/mol. The fourth-order valence-corrected chi connectivity index (χ4v) is 4.55. The lowest BCUT2D eigenvalue weighted by molar-refractivity contribution is 0.111. The lowest BCUT2D eigenvalue weighted by Crippen LogP contribution is -2.13. The molecule has 0 fully saturated rings. The Morgan fingerprint density at radius 3 is 2.67 bits per heavy atom. The van der Waals surface area contributed by atoms with E-state index in [1.54, 1.807) is 6.20 Å². The summed E-state index contributed by atoms with van der Waals surface area (Å²) in [5, 5.41) is 11.2. The summed E-state index contributed by atoms with van der Waals surface area (Å²) in [6, 6.07) is 0. The first-order valence-electron chi connectivity index (χ1n) is 8.69. The monoisotopic (exact) mass is 322 g/mol. The lowest BCUT2D eigenvalue weighted by atomic mass is 9.86. The Hall–Kier alpha value is -2.07. The summed E-state index contributed by atoms with van der Waals surface area (Å²) < 4.78 is 0. The zero-order valence-corrected chi connectivity index (χ0v) is 14.1. The second kappa shape index (κ2) is 5.78. The maximum Gasteiger partial charge on any atom is 0.151 e. The van der Waals surface area contributed by atoms with Gasteiger partial charge in [0, 0.05) is 41.8 Å². The Morgan fingerprint density at radius 2 is 1.88 bits per heavy atom. The van der Waals surface area contributed by atoms with Crippen molar-refractivity contribution in [3.05, 3.63) is 58.2 Å². The second-order valence-corrected chi connectivity index (χ2v) is 7.27. The molecule has 1 N–H and O–H groups in total. The Kier molecular flexibility index (Phi) is 3.72. The number of carbonyl (C=O) groups excluding carboxylic acids is 1. The number of hydrogen-bond acceptors (Lipinski definition) is 4. The fraction of sp³-hybridized carbons (Fsp3) is 0.450. The van der Waals surface area contributed by atoms with E-state index in [9.17, 15) is 9.90 Å². The Balaban J connectivity index is 1.79. The van der Waals surface area contributed by atoms with E-state index in [2.05, 4.69) is 23.8 Å². The van der Waals surface area contributed by atoms with Crippen LogP contribution < -0.4 is 0 Å². The summed E-state index contributed by atoms with van der Waals surface area (Å²) in [4.78, 5) is 20.0. The van der Waals surface area contributed by atoms with Crippen LogP contribution in [0.1, 0.15) is 88.7 Å². The SMILES string of the molecule is C[C@H]1CCc2c1cncc2[C@H](O)C1C[C@H](C)c2cncc(C=O)c21. The van der Waals surface area contributed by atoms with Crippen LogP contribution in [0.25, 0.3) is 0 Å². The number of aliphatic hydroxyl groups is 1. The molecule has 2 heterocycles. The lowest BCUT2D eigenvalue weighted by Gasteiger charge is -2.23. The molecule has 24 heavy (non-hydrogen) atoms. The van der Waals surface area contributed by atoms with Gasteiger partial charge in [0.1, 0.15) is 0 Å². The average Bonchev–Trinajstić information content (AvgIpc) is 3.15. The molecule has 124 valence electrons. The van der Waals surface area contributed by atoms with Gasteiger partial charge < -0.3 is 5.11 Å². The van der Waals surface area contributed by atoms with Crippen molar-refractivity contribution in [1.29, 1.82) is 0 Å². The molecule has 0 saturated carbocycles. The first kappa shape index (κ1) is 15.5. The first-order valence-corrected chi connectivity index (χ1v) is 8.69. The minimum atomic E-state index is -0.623. The van der Waals surface area contributed by atoms with Gasteiger partial charge in [0.25, 0.3) is 0 Å². The van der Waals surface area contributed by atoms with Crippen molar-refractivity contribution in [2.45, 2.75) is 57.0 Å². The summed E-state index contributed by atoms with van der Waals surface area (Å²) in [5.74, 6) is 0.738. The maximum absolute atomic E-state index is 11.5. The molecule has 0 amide bonds. The van der Waals surface area contributed by atoms with Crippen molar-refractivity contribution >= 4 is 6.29 Å². The highest BCUT2D eigenvalue weighted by Crippen LogP contribution is 2.49. The summed E-state index contributed by atoms with van der Waals surface area (Å²) in [6.45, 7) is 4.35. The van der Waals surface area contributed by atoms with Gasteiger partial charge in [-0.3, -0.25) is 14.8 Å². The molecule has 1 unspecified atom stereocenters. The quantitative estimate of drug-likeness (QED) is 0.876. The third kappa shape index (κ3) is 2.20. The van der Waals surface area contributed by atoms with Crippen LogP contribution in [0.15, 0.2) is 24.8 Å². The molecule has 0 aliphatic heterocycles. The molecule has 4 rings (SSSR count). The number of rotatable bonds is 3. The summed E-state index contributed by atoms with van der Waals surface area (Å²) in [5.41, 5.74) is 6.14. The minimum absolute atomic E-state index is 0.0672. The molecule has 0 bridgehead atoms. The van der Waals surface area contributed by atoms with E-state index in [4.69, 9.17) is 0 Å². The standard InChI is InChI=1S/C20H22N2O2/c1-11-3-4-14-16(11)7-22-9-18(14)20(24)15-5-12(2)17-8-21-6-13(10-23)19(15)17/h6-12,15,20,24H,3-5H2,1-2H3/t11-,12-,15?,20+/m0/s1. The van der Waals surface area contributed by atoms with Crippen molar-refractivity contribution in [3.8, 4) is 0 Å². The molecular weight excluding hydrogens is 300 g/mol. The Labute approximate surface area is 142 Å². The van der Waals surface area contributed by atoms with Crippen molar-refractivity contribution in [1.82, 2.24) is 9.97 Å². The molecule has 4 atom stereocenters. The number of hydrogen-bond donors (Lipinski definition) is 1. The number of pyridine rings is 2. The molecule has 2 aromatic heterocycles. The van der Waals surface area contributed by atoms with E-state index in [1.165, 1.54) is 11.1 Å². The summed E-state index contributed by atoms with van der Waals surface area (Å²) in [7, 11) is 0. The van der Waals surface area contributed by atoms with Crippen LogP contribution in [0.5, 0.6) is 0 Å². The number of nitrogens with zero attached hydrogens (tertiary/aromatic N) is 2. The van der Waals surface area contributed by atoms with Crippen molar-refractivity contribution in [2.75, 3.05) is 0 Å². The third-order valence-electron chi connectivity index (χ3n) is 5.87. The number of aromatic nitrogens is 2. The molecule has 0 spiro atoms. The van der Waals surface area contributed by atoms with Gasteiger partial charge >= 0.3 is 0 Å². The molecule has 0 aromatic carbocycles. The molecule has 2 aliphatic rings. The van der Waals surface area contributed by atoms with Gasteiger partial charge in [0.15, 0.2) is 6.29 Å². The number of aldehydes is 1. The van der Waals surface area contributed by atoms with Crippen LogP contribution in [0, 0.1) is 0 Å². The van der Waals surface area contributed by atoms with E-state index < -0.39 is 6.10 Å². The molecule has 2 aliphatic carbocycles. The Bertz CT molecular complexity index is 802. The van der Waals surface area contributed by atoms with Crippen LogP contribution in [0.2, 0.25) is 0 Å². The van der Waals surface area contributed by atoms with E-state index in [0.29, 0.717) is 17.4 Å². The number of fused-ring (bicyclic) bond motifs is 2. The molecule has 4 heteroatoms. The highest BCUT2D eigenvalue weighted by Gasteiger charge is 2.37. The van der Waals surface area contributed by atoms with Gasteiger partial charge in [-0.25, -0.2) is 0 Å². The van der Waals surface area contributed by atoms with Crippen LogP contribution in [0.4, 0.5) is 0 Å². The summed E-state index contributed by atoms with van der Waals surface area (Å²) >= 11 is 0.